The number of hydrogen-bond donors (Lipinski definition) is 1. The second-order valence-corrected chi connectivity index (χ2v) is 7.07. The molecular weight excluding hydrogens is 370 g/mol. The second kappa shape index (κ2) is 7.95. The summed E-state index contributed by atoms with van der Waals surface area (Å²) in [7, 11) is 0. The molecule has 3 aromatic rings. The van der Waals surface area contributed by atoms with Crippen LogP contribution in [-0.2, 0) is 11.3 Å². The number of imidazole rings is 1. The lowest BCUT2D eigenvalue weighted by atomic mass is 10.1. The fourth-order valence-corrected chi connectivity index (χ4v) is 3.99. The first-order valence-electron chi connectivity index (χ1n) is 9.79. The van der Waals surface area contributed by atoms with Gasteiger partial charge in [-0.2, -0.15) is 0 Å². The normalized spacial score (nSPS) is 16.3. The molecule has 7 nitrogen and oxygen atoms in total. The van der Waals surface area contributed by atoms with E-state index in [0.717, 1.165) is 36.2 Å². The van der Waals surface area contributed by atoms with Crippen LogP contribution in [0.2, 0.25) is 0 Å². The van der Waals surface area contributed by atoms with Gasteiger partial charge in [-0.3, -0.25) is 4.79 Å². The van der Waals surface area contributed by atoms with Crippen molar-refractivity contribution in [2.75, 3.05) is 13.2 Å². The monoisotopic (exact) mass is 393 g/mol. The summed E-state index contributed by atoms with van der Waals surface area (Å²) in [6.07, 6.45) is 1.78. The molecule has 0 bridgehead atoms. The number of rotatable bonds is 6. The molecule has 4 rings (SSSR count). The zero-order valence-corrected chi connectivity index (χ0v) is 16.2. The number of ether oxygens (including phenoxy) is 1. The molecule has 0 radical (unpaired) electrons. The first kappa shape index (κ1) is 19.0. The largest absolute Gasteiger partial charge is 0.482 e. The standard InChI is InChI=1S/C22H23N3O4/c1-2-24-18-10-4-3-9-17(18)23-21(24)19-11-6-12-25(19)22(28)15-7-5-8-16(13-15)29-14-20(26)27/h3-5,7-10,13,19H,2,6,11-12,14H2,1H3,(H,26,27). The van der Waals surface area contributed by atoms with E-state index in [0.29, 0.717) is 17.9 Å². The van der Waals surface area contributed by atoms with E-state index in [1.54, 1.807) is 24.3 Å². The molecule has 29 heavy (non-hydrogen) atoms. The summed E-state index contributed by atoms with van der Waals surface area (Å²) in [5, 5.41) is 8.79. The van der Waals surface area contributed by atoms with Gasteiger partial charge in [0.2, 0.25) is 0 Å². The number of carboxylic acids is 1. The van der Waals surface area contributed by atoms with E-state index in [1.165, 1.54) is 0 Å². The molecular formula is C22H23N3O4. The van der Waals surface area contributed by atoms with Crippen LogP contribution < -0.4 is 4.74 Å². The summed E-state index contributed by atoms with van der Waals surface area (Å²) < 4.78 is 7.40. The predicted molar refractivity (Wildman–Crippen MR) is 108 cm³/mol. The Labute approximate surface area is 168 Å². The number of fused-ring (bicyclic) bond motifs is 1. The lowest BCUT2D eigenvalue weighted by molar-refractivity contribution is -0.139. The van der Waals surface area contributed by atoms with Crippen LogP contribution in [0.5, 0.6) is 5.75 Å². The van der Waals surface area contributed by atoms with Crippen LogP contribution in [0.4, 0.5) is 0 Å². The fraction of sp³-hybridized carbons (Fsp3) is 0.318. The van der Waals surface area contributed by atoms with Crippen molar-refractivity contribution in [1.29, 1.82) is 0 Å². The van der Waals surface area contributed by atoms with Crippen LogP contribution in [0, 0.1) is 0 Å². The third kappa shape index (κ3) is 3.68. The average Bonchev–Trinajstić information content (AvgIpc) is 3.36. The Bertz CT molecular complexity index is 1060. The molecule has 1 aliphatic heterocycles. The Morgan fingerprint density at radius 1 is 1.21 bits per heavy atom. The maximum absolute atomic E-state index is 13.3. The van der Waals surface area contributed by atoms with Crippen LogP contribution in [-0.4, -0.2) is 44.6 Å². The number of hydrogen-bond acceptors (Lipinski definition) is 4. The molecule has 1 unspecified atom stereocenters. The van der Waals surface area contributed by atoms with Gasteiger partial charge in [0.1, 0.15) is 11.6 Å². The van der Waals surface area contributed by atoms with Gasteiger partial charge in [0.05, 0.1) is 17.1 Å². The quantitative estimate of drug-likeness (QED) is 0.693. The van der Waals surface area contributed by atoms with Crippen LogP contribution in [0.3, 0.4) is 0 Å². The summed E-state index contributed by atoms with van der Waals surface area (Å²) in [5.74, 6) is 0.135. The van der Waals surface area contributed by atoms with Crippen LogP contribution >= 0.6 is 0 Å². The number of amides is 1. The summed E-state index contributed by atoms with van der Waals surface area (Å²) in [5.41, 5.74) is 2.50. The lowest BCUT2D eigenvalue weighted by Crippen LogP contribution is -2.32. The zero-order valence-electron chi connectivity index (χ0n) is 16.2. The summed E-state index contributed by atoms with van der Waals surface area (Å²) in [4.78, 5) is 30.7. The minimum Gasteiger partial charge on any atom is -0.482 e. The number of aromatic nitrogens is 2. The molecule has 1 N–H and O–H groups in total. The van der Waals surface area contributed by atoms with E-state index in [-0.39, 0.29) is 11.9 Å². The first-order valence-corrected chi connectivity index (χ1v) is 9.79. The van der Waals surface area contributed by atoms with Crippen molar-refractivity contribution in [3.05, 3.63) is 59.9 Å². The minimum absolute atomic E-state index is 0.0848. The van der Waals surface area contributed by atoms with Gasteiger partial charge in [0.25, 0.3) is 5.91 Å². The molecule has 1 amide bonds. The molecule has 1 fully saturated rings. The molecule has 1 atom stereocenters. The maximum Gasteiger partial charge on any atom is 0.341 e. The van der Waals surface area contributed by atoms with Gasteiger partial charge >= 0.3 is 5.97 Å². The van der Waals surface area contributed by atoms with Gasteiger partial charge in [-0.05, 0) is 50.1 Å². The SMILES string of the molecule is CCn1c(C2CCCN2C(=O)c2cccc(OCC(=O)O)c2)nc2ccccc21. The highest BCUT2D eigenvalue weighted by Gasteiger charge is 2.34. The van der Waals surface area contributed by atoms with Crippen molar-refractivity contribution in [2.24, 2.45) is 0 Å². The van der Waals surface area contributed by atoms with Crippen molar-refractivity contribution in [3.63, 3.8) is 0 Å². The molecule has 150 valence electrons. The highest BCUT2D eigenvalue weighted by molar-refractivity contribution is 5.95. The number of para-hydroxylation sites is 2. The number of likely N-dealkylation sites (tertiary alicyclic amines) is 1. The molecule has 1 aliphatic rings. The molecule has 1 aromatic heterocycles. The van der Waals surface area contributed by atoms with E-state index < -0.39 is 12.6 Å². The van der Waals surface area contributed by atoms with Crippen molar-refractivity contribution < 1.29 is 19.4 Å². The smallest absolute Gasteiger partial charge is 0.341 e. The number of carbonyl (C=O) groups is 2. The van der Waals surface area contributed by atoms with E-state index in [9.17, 15) is 9.59 Å². The number of nitrogens with zero attached hydrogens (tertiary/aromatic N) is 3. The summed E-state index contributed by atoms with van der Waals surface area (Å²) >= 11 is 0. The van der Waals surface area contributed by atoms with Crippen molar-refractivity contribution >= 4 is 22.9 Å². The zero-order chi connectivity index (χ0) is 20.4. The Balaban J connectivity index is 1.63. The molecule has 1 saturated heterocycles. The van der Waals surface area contributed by atoms with Crippen LogP contribution in [0.25, 0.3) is 11.0 Å². The molecule has 0 aliphatic carbocycles. The third-order valence-electron chi connectivity index (χ3n) is 5.26. The fourth-order valence-electron chi connectivity index (χ4n) is 3.99. The highest BCUT2D eigenvalue weighted by Crippen LogP contribution is 2.34. The van der Waals surface area contributed by atoms with Crippen molar-refractivity contribution in [2.45, 2.75) is 32.4 Å². The van der Waals surface area contributed by atoms with Crippen molar-refractivity contribution in [3.8, 4) is 5.75 Å². The number of carboxylic acid groups (broad SMARTS) is 1. The van der Waals surface area contributed by atoms with Crippen LogP contribution in [0.15, 0.2) is 48.5 Å². The second-order valence-electron chi connectivity index (χ2n) is 7.07. The van der Waals surface area contributed by atoms with Gasteiger partial charge in [0, 0.05) is 18.7 Å². The van der Waals surface area contributed by atoms with Gasteiger partial charge in [0.15, 0.2) is 6.61 Å². The van der Waals surface area contributed by atoms with E-state index in [2.05, 4.69) is 17.6 Å². The molecule has 7 heteroatoms. The Morgan fingerprint density at radius 3 is 2.83 bits per heavy atom. The number of aryl methyl sites for hydroxylation is 1. The summed E-state index contributed by atoms with van der Waals surface area (Å²) in [6, 6.07) is 14.6. The van der Waals surface area contributed by atoms with Gasteiger partial charge in [-0.25, -0.2) is 9.78 Å². The van der Waals surface area contributed by atoms with E-state index in [1.807, 2.05) is 23.1 Å². The summed E-state index contributed by atoms with van der Waals surface area (Å²) in [6.45, 7) is 3.09. The first-order chi connectivity index (χ1) is 14.1. The highest BCUT2D eigenvalue weighted by atomic mass is 16.5. The number of carbonyl (C=O) groups excluding carboxylic acids is 1. The average molecular weight is 393 g/mol. The lowest BCUT2D eigenvalue weighted by Gasteiger charge is -2.25. The molecule has 2 heterocycles. The Kier molecular flexibility index (Phi) is 5.20. The molecule has 0 spiro atoms. The maximum atomic E-state index is 13.3. The molecule has 2 aromatic carbocycles. The third-order valence-corrected chi connectivity index (χ3v) is 5.26. The van der Waals surface area contributed by atoms with Gasteiger partial charge in [-0.1, -0.05) is 18.2 Å². The predicted octanol–water partition coefficient (Wildman–Crippen LogP) is 3.50. The molecule has 0 saturated carbocycles. The van der Waals surface area contributed by atoms with Crippen LogP contribution in [0.1, 0.15) is 42.0 Å². The van der Waals surface area contributed by atoms with E-state index >= 15 is 0 Å². The number of benzene rings is 2. The van der Waals surface area contributed by atoms with E-state index in [4.69, 9.17) is 14.8 Å². The number of aliphatic carboxylic acids is 1. The van der Waals surface area contributed by atoms with Gasteiger partial charge < -0.3 is 19.3 Å². The minimum atomic E-state index is -1.06. The topological polar surface area (TPSA) is 84.7 Å². The Morgan fingerprint density at radius 2 is 2.03 bits per heavy atom. The van der Waals surface area contributed by atoms with Gasteiger partial charge in [-0.15, -0.1) is 0 Å². The van der Waals surface area contributed by atoms with Crippen molar-refractivity contribution in [1.82, 2.24) is 14.5 Å². The Hall–Kier alpha value is -3.35.